The van der Waals surface area contributed by atoms with E-state index in [1.54, 1.807) is 24.5 Å². The zero-order valence-electron chi connectivity index (χ0n) is 7.94. The summed E-state index contributed by atoms with van der Waals surface area (Å²) in [5.41, 5.74) is 0. The fourth-order valence-electron chi connectivity index (χ4n) is 1.15. The van der Waals surface area contributed by atoms with Gasteiger partial charge in [-0.05, 0) is 12.1 Å². The molecule has 0 aliphatic carbocycles. The van der Waals surface area contributed by atoms with Crippen LogP contribution in [0, 0.1) is 0 Å². The lowest BCUT2D eigenvalue weighted by Gasteiger charge is -2.02. The van der Waals surface area contributed by atoms with Crippen molar-refractivity contribution in [3.8, 4) is 0 Å². The number of nitrogens with zero attached hydrogens (tertiary/aromatic N) is 3. The molecule has 0 saturated carbocycles. The summed E-state index contributed by atoms with van der Waals surface area (Å²) in [4.78, 5) is 7.13. The van der Waals surface area contributed by atoms with Crippen LogP contribution in [0.1, 0.15) is 5.82 Å². The summed E-state index contributed by atoms with van der Waals surface area (Å²) in [5, 5.41) is 11.1. The van der Waals surface area contributed by atoms with Crippen molar-refractivity contribution in [2.45, 2.75) is 6.42 Å². The third-order valence-corrected chi connectivity index (χ3v) is 2.06. The molecule has 5 nitrogen and oxygen atoms in total. The van der Waals surface area contributed by atoms with Crippen molar-refractivity contribution in [3.63, 3.8) is 0 Å². The molecule has 2 heterocycles. The van der Waals surface area contributed by atoms with Gasteiger partial charge < -0.3 is 10.3 Å². The number of hydrogen-bond acceptors (Lipinski definition) is 4. The van der Waals surface area contributed by atoms with Gasteiger partial charge in [0, 0.05) is 25.4 Å². The van der Waals surface area contributed by atoms with Gasteiger partial charge in [-0.25, -0.2) is 4.98 Å². The van der Waals surface area contributed by atoms with Gasteiger partial charge in [0.25, 0.3) is 0 Å². The van der Waals surface area contributed by atoms with Gasteiger partial charge in [0.2, 0.25) is 0 Å². The van der Waals surface area contributed by atoms with Gasteiger partial charge in [-0.2, -0.15) is 0 Å². The number of aromatic nitrogens is 4. The molecule has 6 heteroatoms. The van der Waals surface area contributed by atoms with Crippen molar-refractivity contribution in [1.82, 2.24) is 20.2 Å². The SMILES string of the molecule is Clc1ccc(NCCc2ncc[nH]2)nn1. The van der Waals surface area contributed by atoms with Gasteiger partial charge in [0.1, 0.15) is 11.6 Å². The van der Waals surface area contributed by atoms with E-state index in [-0.39, 0.29) is 0 Å². The van der Waals surface area contributed by atoms with Gasteiger partial charge in [-0.1, -0.05) is 11.6 Å². The Kier molecular flexibility index (Phi) is 3.14. The van der Waals surface area contributed by atoms with Crippen molar-refractivity contribution in [2.75, 3.05) is 11.9 Å². The average molecular weight is 224 g/mol. The first-order valence-corrected chi connectivity index (χ1v) is 4.94. The third-order valence-electron chi connectivity index (χ3n) is 1.85. The van der Waals surface area contributed by atoms with Crippen LogP contribution in [-0.4, -0.2) is 26.7 Å². The lowest BCUT2D eigenvalue weighted by Crippen LogP contribution is -2.07. The van der Waals surface area contributed by atoms with Crippen molar-refractivity contribution < 1.29 is 0 Å². The predicted molar refractivity (Wildman–Crippen MR) is 57.8 cm³/mol. The Balaban J connectivity index is 1.81. The fraction of sp³-hybridized carbons (Fsp3) is 0.222. The van der Waals surface area contributed by atoms with Crippen LogP contribution in [0.2, 0.25) is 5.15 Å². The molecule has 0 spiro atoms. The Morgan fingerprint density at radius 1 is 1.33 bits per heavy atom. The Morgan fingerprint density at radius 2 is 2.27 bits per heavy atom. The van der Waals surface area contributed by atoms with E-state index in [4.69, 9.17) is 11.6 Å². The molecule has 0 aromatic carbocycles. The van der Waals surface area contributed by atoms with Crippen LogP contribution in [0.15, 0.2) is 24.5 Å². The van der Waals surface area contributed by atoms with E-state index in [1.807, 2.05) is 0 Å². The minimum atomic E-state index is 0.395. The molecular weight excluding hydrogens is 214 g/mol. The van der Waals surface area contributed by atoms with E-state index in [0.717, 1.165) is 18.8 Å². The molecule has 0 atom stereocenters. The maximum absolute atomic E-state index is 5.61. The summed E-state index contributed by atoms with van der Waals surface area (Å²) in [6, 6.07) is 3.49. The number of anilines is 1. The number of hydrogen-bond donors (Lipinski definition) is 2. The first kappa shape index (κ1) is 9.92. The lowest BCUT2D eigenvalue weighted by atomic mass is 10.4. The van der Waals surface area contributed by atoms with Crippen LogP contribution in [-0.2, 0) is 6.42 Å². The molecule has 0 amide bonds. The maximum Gasteiger partial charge on any atom is 0.151 e. The van der Waals surface area contributed by atoms with Gasteiger partial charge in [-0.15, -0.1) is 10.2 Å². The van der Waals surface area contributed by atoms with Crippen molar-refractivity contribution >= 4 is 17.4 Å². The molecule has 2 aromatic heterocycles. The Labute approximate surface area is 91.9 Å². The third kappa shape index (κ3) is 2.92. The summed E-state index contributed by atoms with van der Waals surface area (Å²) in [7, 11) is 0. The van der Waals surface area contributed by atoms with Crippen LogP contribution in [0.25, 0.3) is 0 Å². The highest BCUT2D eigenvalue weighted by Crippen LogP contribution is 2.05. The molecule has 0 aliphatic heterocycles. The molecular formula is C9H10ClN5. The van der Waals surface area contributed by atoms with Gasteiger partial charge in [0.15, 0.2) is 5.15 Å². The molecule has 2 N–H and O–H groups in total. The maximum atomic E-state index is 5.61. The van der Waals surface area contributed by atoms with E-state index < -0.39 is 0 Å². The molecule has 2 aromatic rings. The summed E-state index contributed by atoms with van der Waals surface area (Å²) < 4.78 is 0. The van der Waals surface area contributed by atoms with Gasteiger partial charge in [-0.3, -0.25) is 0 Å². The Hall–Kier alpha value is -1.62. The van der Waals surface area contributed by atoms with E-state index in [0.29, 0.717) is 11.0 Å². The molecule has 0 saturated heterocycles. The van der Waals surface area contributed by atoms with Gasteiger partial charge >= 0.3 is 0 Å². The lowest BCUT2D eigenvalue weighted by molar-refractivity contribution is 0.910. The summed E-state index contributed by atoms with van der Waals surface area (Å²) in [6.07, 6.45) is 4.35. The zero-order chi connectivity index (χ0) is 10.5. The van der Waals surface area contributed by atoms with Crippen LogP contribution >= 0.6 is 11.6 Å². The standard InChI is InChI=1S/C9H10ClN5/c10-7-1-2-9(15-14-7)11-4-3-8-12-5-6-13-8/h1-2,5-6H,3-4H2,(H,11,15)(H,12,13). The minimum Gasteiger partial charge on any atom is -0.368 e. The molecule has 0 radical (unpaired) electrons. The van der Waals surface area contributed by atoms with Crippen LogP contribution < -0.4 is 5.32 Å². The predicted octanol–water partition coefficient (Wildman–Crippen LogP) is 1.51. The molecule has 78 valence electrons. The topological polar surface area (TPSA) is 66.5 Å². The number of nitrogens with one attached hydrogen (secondary N) is 2. The molecule has 0 aliphatic rings. The molecule has 0 fully saturated rings. The first-order chi connectivity index (χ1) is 7.34. The number of halogens is 1. The van der Waals surface area contributed by atoms with E-state index in [1.165, 1.54) is 0 Å². The molecule has 2 rings (SSSR count). The van der Waals surface area contributed by atoms with E-state index in [2.05, 4.69) is 25.5 Å². The Morgan fingerprint density at radius 3 is 2.93 bits per heavy atom. The second-order valence-electron chi connectivity index (χ2n) is 2.95. The fourth-order valence-corrected chi connectivity index (χ4v) is 1.25. The summed E-state index contributed by atoms with van der Waals surface area (Å²) >= 11 is 5.61. The second-order valence-corrected chi connectivity index (χ2v) is 3.34. The molecule has 15 heavy (non-hydrogen) atoms. The average Bonchev–Trinajstić information content (AvgIpc) is 2.74. The minimum absolute atomic E-state index is 0.395. The molecule has 0 unspecified atom stereocenters. The Bertz CT molecular complexity index is 397. The number of imidazole rings is 1. The zero-order valence-corrected chi connectivity index (χ0v) is 8.70. The highest BCUT2D eigenvalue weighted by atomic mass is 35.5. The van der Waals surface area contributed by atoms with Crippen LogP contribution in [0.3, 0.4) is 0 Å². The smallest absolute Gasteiger partial charge is 0.151 e. The highest BCUT2D eigenvalue weighted by Gasteiger charge is 1.96. The highest BCUT2D eigenvalue weighted by molar-refractivity contribution is 6.29. The second kappa shape index (κ2) is 4.75. The summed E-state index contributed by atoms with van der Waals surface area (Å²) in [5.74, 6) is 1.66. The normalized spacial score (nSPS) is 10.2. The monoisotopic (exact) mass is 223 g/mol. The van der Waals surface area contributed by atoms with E-state index in [9.17, 15) is 0 Å². The number of H-pyrrole nitrogens is 1. The van der Waals surface area contributed by atoms with Crippen molar-refractivity contribution in [2.24, 2.45) is 0 Å². The van der Waals surface area contributed by atoms with Gasteiger partial charge in [0.05, 0.1) is 0 Å². The largest absolute Gasteiger partial charge is 0.368 e. The number of rotatable bonds is 4. The first-order valence-electron chi connectivity index (χ1n) is 4.56. The van der Waals surface area contributed by atoms with Crippen LogP contribution in [0.4, 0.5) is 5.82 Å². The van der Waals surface area contributed by atoms with Crippen molar-refractivity contribution in [3.05, 3.63) is 35.5 Å². The quantitative estimate of drug-likeness (QED) is 0.825. The van der Waals surface area contributed by atoms with E-state index >= 15 is 0 Å². The molecule has 0 bridgehead atoms. The summed E-state index contributed by atoms with van der Waals surface area (Å²) in [6.45, 7) is 0.754. The van der Waals surface area contributed by atoms with Crippen molar-refractivity contribution in [1.29, 1.82) is 0 Å². The van der Waals surface area contributed by atoms with Crippen LogP contribution in [0.5, 0.6) is 0 Å². The number of aromatic amines is 1.